The summed E-state index contributed by atoms with van der Waals surface area (Å²) in [6, 6.07) is 9.72. The summed E-state index contributed by atoms with van der Waals surface area (Å²) in [6.07, 6.45) is 1.61. The number of amides is 1. The van der Waals surface area contributed by atoms with E-state index in [0.717, 1.165) is 24.3 Å². The van der Waals surface area contributed by atoms with Crippen LogP contribution in [0.25, 0.3) is 0 Å². The van der Waals surface area contributed by atoms with Crippen LogP contribution in [0.4, 0.5) is 5.69 Å². The molecule has 0 aliphatic carbocycles. The molecule has 0 aliphatic heterocycles. The van der Waals surface area contributed by atoms with E-state index in [1.54, 1.807) is 12.3 Å². The van der Waals surface area contributed by atoms with Gasteiger partial charge in [0.1, 0.15) is 0 Å². The lowest BCUT2D eigenvalue weighted by Gasteiger charge is -2.20. The Balaban J connectivity index is 1.94. The van der Waals surface area contributed by atoms with E-state index in [2.05, 4.69) is 39.5 Å². The zero-order valence-electron chi connectivity index (χ0n) is 13.1. The minimum atomic E-state index is -0.333. The number of carbonyl (C=O) groups excluding carboxylic acids is 1. The highest BCUT2D eigenvalue weighted by molar-refractivity contribution is 5.93. The quantitative estimate of drug-likeness (QED) is 0.635. The Bertz CT molecular complexity index is 641. The Kier molecular flexibility index (Phi) is 5.30. The lowest BCUT2D eigenvalue weighted by atomic mass is 10.2. The number of nitrogens with zero attached hydrogens (tertiary/aromatic N) is 3. The maximum atomic E-state index is 11.8. The van der Waals surface area contributed by atoms with Crippen molar-refractivity contribution >= 4 is 17.8 Å². The van der Waals surface area contributed by atoms with Crippen LogP contribution < -0.4 is 10.3 Å². The number of H-pyrrole nitrogens is 1. The minimum absolute atomic E-state index is 0.325. The van der Waals surface area contributed by atoms with Crippen LogP contribution in [0, 0.1) is 6.92 Å². The normalized spacial score (nSPS) is 10.9. The largest absolute Gasteiger partial charge is 0.372 e. The summed E-state index contributed by atoms with van der Waals surface area (Å²) in [5, 5.41) is 10.5. The molecule has 2 N–H and O–H groups in total. The average Bonchev–Trinajstić information content (AvgIpc) is 2.96. The highest BCUT2D eigenvalue weighted by atomic mass is 16.2. The molecular weight excluding hydrogens is 278 g/mol. The Morgan fingerprint density at radius 2 is 2.00 bits per heavy atom. The van der Waals surface area contributed by atoms with Crippen molar-refractivity contribution in [2.24, 2.45) is 5.10 Å². The number of benzene rings is 1. The summed E-state index contributed by atoms with van der Waals surface area (Å²) < 4.78 is 0. The first-order valence-corrected chi connectivity index (χ1v) is 7.34. The molecule has 0 spiro atoms. The number of hydrazone groups is 1. The van der Waals surface area contributed by atoms with Crippen LogP contribution in [0.3, 0.4) is 0 Å². The van der Waals surface area contributed by atoms with Gasteiger partial charge in [-0.15, -0.1) is 0 Å². The van der Waals surface area contributed by atoms with Crippen molar-refractivity contribution in [3.63, 3.8) is 0 Å². The molecule has 0 saturated heterocycles. The van der Waals surface area contributed by atoms with Gasteiger partial charge in [-0.05, 0) is 44.5 Å². The van der Waals surface area contributed by atoms with Gasteiger partial charge < -0.3 is 4.90 Å². The third-order valence-corrected chi connectivity index (χ3v) is 3.34. The summed E-state index contributed by atoms with van der Waals surface area (Å²) in [6.45, 7) is 8.05. The predicted octanol–water partition coefficient (Wildman–Crippen LogP) is 2.33. The SMILES string of the molecule is CCN(CC)c1ccc(/C=N\NC(=O)c2cc(C)[nH]n2)cc1. The highest BCUT2D eigenvalue weighted by Crippen LogP contribution is 2.13. The van der Waals surface area contributed by atoms with Crippen molar-refractivity contribution < 1.29 is 4.79 Å². The molecule has 2 aromatic rings. The van der Waals surface area contributed by atoms with Gasteiger partial charge in [-0.1, -0.05) is 12.1 Å². The Morgan fingerprint density at radius 3 is 2.55 bits per heavy atom. The van der Waals surface area contributed by atoms with Gasteiger partial charge in [-0.3, -0.25) is 9.89 Å². The van der Waals surface area contributed by atoms with E-state index in [9.17, 15) is 4.79 Å². The van der Waals surface area contributed by atoms with Crippen molar-refractivity contribution in [2.45, 2.75) is 20.8 Å². The number of aromatic nitrogens is 2. The van der Waals surface area contributed by atoms with Crippen LogP contribution in [-0.2, 0) is 0 Å². The summed E-state index contributed by atoms with van der Waals surface area (Å²) in [5.74, 6) is -0.333. The molecule has 0 aliphatic rings. The molecule has 0 fully saturated rings. The third-order valence-electron chi connectivity index (χ3n) is 3.34. The van der Waals surface area contributed by atoms with Crippen LogP contribution >= 0.6 is 0 Å². The smallest absolute Gasteiger partial charge is 0.291 e. The van der Waals surface area contributed by atoms with Crippen molar-refractivity contribution in [1.82, 2.24) is 15.6 Å². The van der Waals surface area contributed by atoms with Crippen molar-refractivity contribution in [3.05, 3.63) is 47.3 Å². The van der Waals surface area contributed by atoms with Gasteiger partial charge in [-0.25, -0.2) is 5.43 Å². The summed E-state index contributed by atoms with van der Waals surface area (Å²) >= 11 is 0. The Morgan fingerprint density at radius 1 is 1.32 bits per heavy atom. The zero-order chi connectivity index (χ0) is 15.9. The maximum Gasteiger partial charge on any atom is 0.291 e. The van der Waals surface area contributed by atoms with Crippen LogP contribution in [0.15, 0.2) is 35.4 Å². The number of hydrogen-bond acceptors (Lipinski definition) is 4. The Labute approximate surface area is 130 Å². The van der Waals surface area contributed by atoms with Gasteiger partial charge in [0, 0.05) is 24.5 Å². The fourth-order valence-electron chi connectivity index (χ4n) is 2.12. The third kappa shape index (κ3) is 3.94. The molecule has 116 valence electrons. The molecule has 0 unspecified atom stereocenters. The van der Waals surface area contributed by atoms with Crippen molar-refractivity contribution in [3.8, 4) is 0 Å². The van der Waals surface area contributed by atoms with Crippen LogP contribution in [0.1, 0.15) is 35.6 Å². The second kappa shape index (κ2) is 7.40. The van der Waals surface area contributed by atoms with E-state index in [0.29, 0.717) is 5.69 Å². The van der Waals surface area contributed by atoms with Gasteiger partial charge in [0.05, 0.1) is 6.21 Å². The number of anilines is 1. The molecule has 1 amide bonds. The fourth-order valence-corrected chi connectivity index (χ4v) is 2.12. The number of carbonyl (C=O) groups is 1. The van der Waals surface area contributed by atoms with Crippen LogP contribution in [0.5, 0.6) is 0 Å². The van der Waals surface area contributed by atoms with Crippen molar-refractivity contribution in [2.75, 3.05) is 18.0 Å². The molecule has 0 saturated carbocycles. The van der Waals surface area contributed by atoms with Crippen molar-refractivity contribution in [1.29, 1.82) is 0 Å². The number of rotatable bonds is 6. The van der Waals surface area contributed by atoms with E-state index in [4.69, 9.17) is 0 Å². The molecule has 0 bridgehead atoms. The van der Waals surface area contributed by atoms with Crippen LogP contribution in [0.2, 0.25) is 0 Å². The first-order chi connectivity index (χ1) is 10.6. The molecule has 1 heterocycles. The van der Waals surface area contributed by atoms with E-state index in [1.165, 1.54) is 5.69 Å². The van der Waals surface area contributed by atoms with E-state index in [-0.39, 0.29) is 5.91 Å². The summed E-state index contributed by atoms with van der Waals surface area (Å²) in [4.78, 5) is 14.0. The fraction of sp³-hybridized carbons (Fsp3) is 0.312. The van der Waals surface area contributed by atoms with Gasteiger partial charge in [-0.2, -0.15) is 10.2 Å². The Hall–Kier alpha value is -2.63. The lowest BCUT2D eigenvalue weighted by Crippen LogP contribution is -2.21. The summed E-state index contributed by atoms with van der Waals surface area (Å²) in [7, 11) is 0. The first kappa shape index (κ1) is 15.8. The zero-order valence-corrected chi connectivity index (χ0v) is 13.1. The number of aryl methyl sites for hydroxylation is 1. The highest BCUT2D eigenvalue weighted by Gasteiger charge is 2.07. The van der Waals surface area contributed by atoms with Crippen LogP contribution in [-0.4, -0.2) is 35.4 Å². The monoisotopic (exact) mass is 299 g/mol. The number of hydrogen-bond donors (Lipinski definition) is 2. The molecular formula is C16H21N5O. The number of nitrogens with one attached hydrogen (secondary N) is 2. The van der Waals surface area contributed by atoms with E-state index >= 15 is 0 Å². The molecule has 22 heavy (non-hydrogen) atoms. The minimum Gasteiger partial charge on any atom is -0.372 e. The molecule has 6 nitrogen and oxygen atoms in total. The average molecular weight is 299 g/mol. The second-order valence-corrected chi connectivity index (χ2v) is 4.90. The molecule has 1 aromatic carbocycles. The second-order valence-electron chi connectivity index (χ2n) is 4.90. The summed E-state index contributed by atoms with van der Waals surface area (Å²) in [5.41, 5.74) is 5.72. The van der Waals surface area contributed by atoms with E-state index < -0.39 is 0 Å². The van der Waals surface area contributed by atoms with Gasteiger partial charge in [0.25, 0.3) is 5.91 Å². The first-order valence-electron chi connectivity index (χ1n) is 7.34. The van der Waals surface area contributed by atoms with Gasteiger partial charge in [0.15, 0.2) is 5.69 Å². The number of aromatic amines is 1. The molecule has 0 radical (unpaired) electrons. The van der Waals surface area contributed by atoms with E-state index in [1.807, 2.05) is 31.2 Å². The van der Waals surface area contributed by atoms with Gasteiger partial charge >= 0.3 is 0 Å². The lowest BCUT2D eigenvalue weighted by molar-refractivity contribution is 0.0950. The maximum absolute atomic E-state index is 11.8. The molecule has 2 rings (SSSR count). The molecule has 6 heteroatoms. The topological polar surface area (TPSA) is 73.4 Å². The molecule has 1 aromatic heterocycles. The molecule has 0 atom stereocenters. The predicted molar refractivity (Wildman–Crippen MR) is 88.4 cm³/mol. The standard InChI is InChI=1S/C16H21N5O/c1-4-21(5-2)14-8-6-13(7-9-14)11-17-20-16(22)15-10-12(3)18-19-15/h6-11H,4-5H2,1-3H3,(H,18,19)(H,20,22)/b17-11-. The van der Waals surface area contributed by atoms with Gasteiger partial charge in [0.2, 0.25) is 0 Å².